The van der Waals surface area contributed by atoms with Gasteiger partial charge in [-0.15, -0.1) is 0 Å². The third-order valence-electron chi connectivity index (χ3n) is 7.20. The van der Waals surface area contributed by atoms with E-state index in [0.717, 1.165) is 42.6 Å². The van der Waals surface area contributed by atoms with E-state index in [1.165, 1.54) is 61.6 Å². The van der Waals surface area contributed by atoms with Crippen LogP contribution in [0.5, 0.6) is 0 Å². The van der Waals surface area contributed by atoms with Crippen molar-refractivity contribution >= 4 is 23.6 Å². The van der Waals surface area contributed by atoms with Gasteiger partial charge in [0.25, 0.3) is 11.8 Å². The lowest BCUT2D eigenvalue weighted by molar-refractivity contribution is -0.137. The third kappa shape index (κ3) is 7.91. The van der Waals surface area contributed by atoms with Gasteiger partial charge < -0.3 is 5.32 Å². The van der Waals surface area contributed by atoms with Crippen LogP contribution in [0, 0.1) is 13.8 Å². The number of benzene rings is 1. The summed E-state index contributed by atoms with van der Waals surface area (Å²) in [4.78, 5) is 38.1. The van der Waals surface area contributed by atoms with Crippen LogP contribution in [-0.2, 0) is 16.0 Å². The molecule has 37 heavy (non-hydrogen) atoms. The Hall–Kier alpha value is -2.67. The fraction of sp³-hybridized carbons (Fsp3) is 0.533. The zero-order chi connectivity index (χ0) is 26.0. The molecule has 1 aliphatic carbocycles. The van der Waals surface area contributed by atoms with Crippen molar-refractivity contribution in [1.82, 2.24) is 20.2 Å². The molecular weight excluding hydrogens is 480 g/mol. The van der Waals surface area contributed by atoms with Gasteiger partial charge in [-0.1, -0.05) is 88.1 Å². The molecule has 2 aromatic rings. The molecule has 0 atom stereocenters. The average Bonchev–Trinajstić information content (AvgIpc) is 3.08. The van der Waals surface area contributed by atoms with Gasteiger partial charge in [0.15, 0.2) is 5.16 Å². The van der Waals surface area contributed by atoms with Crippen LogP contribution in [0.4, 0.5) is 0 Å². The van der Waals surface area contributed by atoms with Crippen molar-refractivity contribution in [3.63, 3.8) is 0 Å². The van der Waals surface area contributed by atoms with Gasteiger partial charge in [-0.05, 0) is 56.5 Å². The van der Waals surface area contributed by atoms with Gasteiger partial charge in [-0.2, -0.15) is 0 Å². The van der Waals surface area contributed by atoms with Crippen molar-refractivity contribution in [2.24, 2.45) is 0 Å². The third-order valence-corrected chi connectivity index (χ3v) is 8.15. The van der Waals surface area contributed by atoms with Crippen LogP contribution in [-0.4, -0.2) is 39.3 Å². The van der Waals surface area contributed by atoms with Gasteiger partial charge in [0.05, 0.1) is 0 Å². The Morgan fingerprint density at radius 2 is 1.41 bits per heavy atom. The Morgan fingerprint density at radius 1 is 0.838 bits per heavy atom. The number of nitrogens with zero attached hydrogens (tertiary/aromatic N) is 3. The number of rotatable bonds is 7. The molecule has 1 aromatic heterocycles. The summed E-state index contributed by atoms with van der Waals surface area (Å²) < 4.78 is 0. The normalized spacial score (nSPS) is 18.6. The van der Waals surface area contributed by atoms with Crippen molar-refractivity contribution in [3.05, 3.63) is 64.0 Å². The predicted molar refractivity (Wildman–Crippen MR) is 149 cm³/mol. The summed E-state index contributed by atoms with van der Waals surface area (Å²) >= 11 is 1.22. The molecule has 2 amide bonds. The molecular formula is C30H40N4O2S. The summed E-state index contributed by atoms with van der Waals surface area (Å²) in [6.07, 6.45) is 14.0. The molecule has 7 heteroatoms. The number of thioether (sulfide) groups is 1. The molecule has 0 bridgehead atoms. The van der Waals surface area contributed by atoms with Crippen LogP contribution >= 0.6 is 11.8 Å². The highest BCUT2D eigenvalue weighted by molar-refractivity contribution is 8.04. The largest absolute Gasteiger partial charge is 0.377 e. The summed E-state index contributed by atoms with van der Waals surface area (Å²) in [5.41, 5.74) is 3.24. The number of hydrogen-bond acceptors (Lipinski definition) is 6. The monoisotopic (exact) mass is 520 g/mol. The fourth-order valence-corrected chi connectivity index (χ4v) is 6.21. The summed E-state index contributed by atoms with van der Waals surface area (Å²) in [6.45, 7) is 4.20. The van der Waals surface area contributed by atoms with E-state index >= 15 is 0 Å². The zero-order valence-electron chi connectivity index (χ0n) is 22.3. The highest BCUT2D eigenvalue weighted by atomic mass is 32.2. The van der Waals surface area contributed by atoms with Crippen LogP contribution in [0.15, 0.2) is 52.2 Å². The highest BCUT2D eigenvalue weighted by Gasteiger charge is 2.40. The van der Waals surface area contributed by atoms with Gasteiger partial charge in [0.1, 0.15) is 10.6 Å². The van der Waals surface area contributed by atoms with Crippen LogP contribution in [0.1, 0.15) is 87.6 Å². The smallest absolute Gasteiger partial charge is 0.278 e. The molecule has 0 radical (unpaired) electrons. The molecule has 1 saturated carbocycles. The van der Waals surface area contributed by atoms with E-state index in [9.17, 15) is 9.59 Å². The molecule has 1 aliphatic heterocycles. The second kappa shape index (κ2) is 13.8. The van der Waals surface area contributed by atoms with Gasteiger partial charge in [-0.25, -0.2) is 9.97 Å². The summed E-state index contributed by atoms with van der Waals surface area (Å²) in [6, 6.07) is 12.1. The zero-order valence-corrected chi connectivity index (χ0v) is 23.1. The Kier molecular flexibility index (Phi) is 10.2. The van der Waals surface area contributed by atoms with E-state index in [-0.39, 0.29) is 17.9 Å². The second-order valence-electron chi connectivity index (χ2n) is 10.3. The Balaban J connectivity index is 1.55. The predicted octanol–water partition coefficient (Wildman–Crippen LogP) is 6.27. The topological polar surface area (TPSA) is 75.2 Å². The maximum atomic E-state index is 13.7. The molecule has 0 unspecified atom stereocenters. The molecule has 0 saturated heterocycles. The number of nitrogens with one attached hydrogen (secondary N) is 1. The van der Waals surface area contributed by atoms with E-state index in [1.54, 1.807) is 0 Å². The molecule has 198 valence electrons. The Bertz CT molecular complexity index is 1070. The minimum Gasteiger partial charge on any atom is -0.377 e. The summed E-state index contributed by atoms with van der Waals surface area (Å²) in [5.74, 6) is -0.469. The van der Waals surface area contributed by atoms with Crippen LogP contribution in [0.25, 0.3) is 0 Å². The standard InChI is InChI=1S/C30H40N4O2S/c1-22-21-23(2)32-30(31-22)37-27-26(33-25-17-13-8-6-4-3-5-7-9-14-18-25)28(35)34(29(27)36)20-19-24-15-11-10-12-16-24/h10-12,15-16,21,25,33H,3-9,13-14,17-20H2,1-2H3. The number of carbonyl (C=O) groups excluding carboxylic acids is 2. The second-order valence-corrected chi connectivity index (χ2v) is 11.3. The molecule has 4 rings (SSSR count). The quantitative estimate of drug-likeness (QED) is 0.342. The van der Waals surface area contributed by atoms with Crippen LogP contribution in [0.2, 0.25) is 0 Å². The van der Waals surface area contributed by atoms with Gasteiger partial charge in [-0.3, -0.25) is 14.5 Å². The van der Waals surface area contributed by atoms with E-state index in [0.29, 0.717) is 28.7 Å². The van der Waals surface area contributed by atoms with Crippen LogP contribution in [0.3, 0.4) is 0 Å². The van der Waals surface area contributed by atoms with Crippen molar-refractivity contribution in [3.8, 4) is 0 Å². The van der Waals surface area contributed by atoms with E-state index in [1.807, 2.05) is 50.2 Å². The van der Waals surface area contributed by atoms with E-state index in [4.69, 9.17) is 0 Å². The average molecular weight is 521 g/mol. The van der Waals surface area contributed by atoms with Crippen LogP contribution < -0.4 is 5.32 Å². The molecule has 1 aromatic carbocycles. The fourth-order valence-electron chi connectivity index (χ4n) is 5.21. The molecule has 2 aliphatic rings. The van der Waals surface area contributed by atoms with Gasteiger partial charge >= 0.3 is 0 Å². The SMILES string of the molecule is Cc1cc(C)nc(SC2=C(NC3CCCCCCCCCCC3)C(=O)N(CCc3ccccc3)C2=O)n1. The number of carbonyl (C=O) groups is 2. The van der Waals surface area contributed by atoms with E-state index < -0.39 is 0 Å². The van der Waals surface area contributed by atoms with Crippen molar-refractivity contribution < 1.29 is 9.59 Å². The number of aromatic nitrogens is 2. The number of amides is 2. The Morgan fingerprint density at radius 3 is 2.00 bits per heavy atom. The van der Waals surface area contributed by atoms with Crippen molar-refractivity contribution in [2.75, 3.05) is 6.54 Å². The highest BCUT2D eigenvalue weighted by Crippen LogP contribution is 2.34. The Labute approximate surface area is 225 Å². The first kappa shape index (κ1) is 27.4. The molecule has 1 N–H and O–H groups in total. The van der Waals surface area contributed by atoms with E-state index in [2.05, 4.69) is 15.3 Å². The lowest BCUT2D eigenvalue weighted by Gasteiger charge is -2.22. The first-order valence-electron chi connectivity index (χ1n) is 13.9. The van der Waals surface area contributed by atoms with Gasteiger partial charge in [0, 0.05) is 24.0 Å². The molecule has 6 nitrogen and oxygen atoms in total. The summed E-state index contributed by atoms with van der Waals surface area (Å²) in [7, 11) is 0. The first-order valence-corrected chi connectivity index (χ1v) is 14.7. The summed E-state index contributed by atoms with van der Waals surface area (Å²) in [5, 5.41) is 4.08. The van der Waals surface area contributed by atoms with Crippen molar-refractivity contribution in [2.45, 2.75) is 102 Å². The maximum absolute atomic E-state index is 13.7. The van der Waals surface area contributed by atoms with Crippen molar-refractivity contribution in [1.29, 1.82) is 0 Å². The first-order chi connectivity index (χ1) is 18.0. The molecule has 2 heterocycles. The lowest BCUT2D eigenvalue weighted by Crippen LogP contribution is -2.37. The molecule has 0 spiro atoms. The number of hydrogen-bond donors (Lipinski definition) is 1. The lowest BCUT2D eigenvalue weighted by atomic mass is 9.98. The van der Waals surface area contributed by atoms with Gasteiger partial charge in [0.2, 0.25) is 0 Å². The molecule has 1 fully saturated rings. The maximum Gasteiger partial charge on any atom is 0.278 e. The number of aryl methyl sites for hydroxylation is 2. The minimum atomic E-state index is -0.246. The minimum absolute atomic E-state index is 0.191. The number of imide groups is 1.